The number of carbonyl (C=O) groups excluding carboxylic acids is 3. The molecule has 230 valence electrons. The molecule has 13 heteroatoms. The molecule has 2 fully saturated rings. The maximum atomic E-state index is 16.0. The normalized spacial score (nSPS) is 23.8. The number of anilines is 2. The number of hydrogen-bond donors (Lipinski definition) is 4. The van der Waals surface area contributed by atoms with Gasteiger partial charge in [0.1, 0.15) is 11.2 Å². The topological polar surface area (TPSA) is 133 Å². The van der Waals surface area contributed by atoms with E-state index in [0.29, 0.717) is 34.8 Å². The molecule has 9 nitrogen and oxygen atoms in total. The minimum absolute atomic E-state index is 0.0734. The predicted molar refractivity (Wildman–Crippen MR) is 166 cm³/mol. The SMILES string of the molecule is CS(=O)(=O)NC(=O)c1ccc(NC(=O)[C@@H]2NC3(CCCCC3)[C@@]3(C(=O)Nc4cc(Cl)ccc43)[C@H]2c2cccc(Cl)c2F)cc1. The summed E-state index contributed by atoms with van der Waals surface area (Å²) in [5.74, 6) is -3.37. The van der Waals surface area contributed by atoms with E-state index in [1.165, 1.54) is 30.3 Å². The van der Waals surface area contributed by atoms with Gasteiger partial charge in [-0.1, -0.05) is 60.7 Å². The summed E-state index contributed by atoms with van der Waals surface area (Å²) in [6, 6.07) is 14.3. The maximum Gasteiger partial charge on any atom is 0.264 e. The Labute approximate surface area is 263 Å². The molecule has 3 aromatic rings. The van der Waals surface area contributed by atoms with Crippen molar-refractivity contribution in [3.05, 3.63) is 93.2 Å². The van der Waals surface area contributed by atoms with E-state index in [9.17, 15) is 22.8 Å². The number of rotatable bonds is 5. The summed E-state index contributed by atoms with van der Waals surface area (Å²) in [5, 5.41) is 9.69. The molecular formula is C31H29Cl2FN4O5S. The van der Waals surface area contributed by atoms with Gasteiger partial charge in [0.05, 0.1) is 17.3 Å². The van der Waals surface area contributed by atoms with Crippen molar-refractivity contribution in [3.8, 4) is 0 Å². The van der Waals surface area contributed by atoms with Gasteiger partial charge >= 0.3 is 0 Å². The lowest BCUT2D eigenvalue weighted by Gasteiger charge is -2.47. The van der Waals surface area contributed by atoms with Gasteiger partial charge in [-0.15, -0.1) is 0 Å². The molecule has 4 N–H and O–H groups in total. The zero-order valence-electron chi connectivity index (χ0n) is 23.5. The average molecular weight is 660 g/mol. The summed E-state index contributed by atoms with van der Waals surface area (Å²) >= 11 is 12.6. The fourth-order valence-electron chi connectivity index (χ4n) is 7.37. The summed E-state index contributed by atoms with van der Waals surface area (Å²) < 4.78 is 40.8. The summed E-state index contributed by atoms with van der Waals surface area (Å²) in [7, 11) is -3.76. The molecule has 0 aromatic heterocycles. The van der Waals surface area contributed by atoms with Crippen molar-refractivity contribution in [1.29, 1.82) is 0 Å². The van der Waals surface area contributed by atoms with Crippen molar-refractivity contribution in [2.24, 2.45) is 0 Å². The monoisotopic (exact) mass is 658 g/mol. The number of halogens is 3. The van der Waals surface area contributed by atoms with Crippen LogP contribution in [0, 0.1) is 5.82 Å². The zero-order valence-corrected chi connectivity index (χ0v) is 25.9. The third kappa shape index (κ3) is 4.95. The van der Waals surface area contributed by atoms with Gasteiger partial charge in [0.25, 0.3) is 5.91 Å². The van der Waals surface area contributed by atoms with Crippen LogP contribution >= 0.6 is 23.2 Å². The Morgan fingerprint density at radius 1 is 1.00 bits per heavy atom. The first-order valence-corrected chi connectivity index (χ1v) is 16.8. The number of benzene rings is 3. The summed E-state index contributed by atoms with van der Waals surface area (Å²) in [5.41, 5.74) is -0.562. The highest BCUT2D eigenvalue weighted by Gasteiger charge is 2.72. The molecule has 3 aromatic carbocycles. The molecule has 6 rings (SSSR count). The molecule has 44 heavy (non-hydrogen) atoms. The van der Waals surface area contributed by atoms with Crippen molar-refractivity contribution in [1.82, 2.24) is 10.0 Å². The van der Waals surface area contributed by atoms with Gasteiger partial charge in [-0.05, 0) is 66.4 Å². The largest absolute Gasteiger partial charge is 0.325 e. The molecule has 2 heterocycles. The van der Waals surface area contributed by atoms with Crippen LogP contribution in [0.3, 0.4) is 0 Å². The van der Waals surface area contributed by atoms with Crippen LogP contribution in [0.1, 0.15) is 59.5 Å². The van der Waals surface area contributed by atoms with Gasteiger partial charge < -0.3 is 10.6 Å². The molecule has 1 saturated carbocycles. The van der Waals surface area contributed by atoms with E-state index in [-0.39, 0.29) is 22.1 Å². The highest BCUT2D eigenvalue weighted by atomic mass is 35.5. The van der Waals surface area contributed by atoms with Crippen LogP contribution < -0.4 is 20.7 Å². The first-order chi connectivity index (χ1) is 20.9. The number of fused-ring (bicyclic) bond motifs is 3. The van der Waals surface area contributed by atoms with Gasteiger partial charge in [-0.3, -0.25) is 19.7 Å². The van der Waals surface area contributed by atoms with Gasteiger partial charge in [-0.25, -0.2) is 17.5 Å². The maximum absolute atomic E-state index is 16.0. The number of sulfonamides is 1. The number of amides is 3. The van der Waals surface area contributed by atoms with Crippen LogP contribution in [0.25, 0.3) is 0 Å². The Balaban J connectivity index is 1.46. The van der Waals surface area contributed by atoms with Crippen LogP contribution in [-0.4, -0.2) is 44.0 Å². The van der Waals surface area contributed by atoms with Gasteiger partial charge in [0.2, 0.25) is 21.8 Å². The lowest BCUT2D eigenvalue weighted by Crippen LogP contribution is -2.60. The van der Waals surface area contributed by atoms with E-state index < -0.39 is 50.6 Å². The molecule has 0 radical (unpaired) electrons. The molecule has 3 aliphatic rings. The van der Waals surface area contributed by atoms with Gasteiger partial charge in [0, 0.05) is 33.4 Å². The van der Waals surface area contributed by atoms with Crippen molar-refractivity contribution in [2.75, 3.05) is 16.9 Å². The minimum Gasteiger partial charge on any atom is -0.325 e. The lowest BCUT2D eigenvalue weighted by molar-refractivity contribution is -0.124. The molecule has 2 spiro atoms. The molecule has 3 amide bonds. The Bertz CT molecular complexity index is 1800. The Hall–Kier alpha value is -3.51. The Morgan fingerprint density at radius 3 is 2.39 bits per heavy atom. The number of hydrogen-bond acceptors (Lipinski definition) is 6. The summed E-state index contributed by atoms with van der Waals surface area (Å²) in [4.78, 5) is 40.8. The van der Waals surface area contributed by atoms with Crippen LogP contribution in [0.4, 0.5) is 15.8 Å². The van der Waals surface area contributed by atoms with Crippen molar-refractivity contribution < 1.29 is 27.2 Å². The highest BCUT2D eigenvalue weighted by molar-refractivity contribution is 7.89. The van der Waals surface area contributed by atoms with E-state index >= 15 is 4.39 Å². The standard InChI is InChI=1S/C31H29Cl2FN4O5S/c1-44(42,43)38-27(39)17-8-11-19(12-9-17)35-28(40)26-24(20-6-5-7-22(33)25(20)34)31(30(37-26)14-3-2-4-15-30)21-13-10-18(32)16-23(21)36-29(31)41/h5-13,16,24,26,37H,2-4,14-15H2,1H3,(H,35,40)(H,36,41)(H,38,39)/t24-,26+,31+/m0/s1. The van der Waals surface area contributed by atoms with Crippen molar-refractivity contribution in [2.45, 2.75) is 55.0 Å². The molecular weight excluding hydrogens is 630 g/mol. The first-order valence-electron chi connectivity index (χ1n) is 14.1. The van der Waals surface area contributed by atoms with Crippen LogP contribution in [0.5, 0.6) is 0 Å². The third-order valence-corrected chi connectivity index (χ3v) is 10.1. The minimum atomic E-state index is -3.76. The van der Waals surface area contributed by atoms with Crippen LogP contribution in [0.2, 0.25) is 10.0 Å². The van der Waals surface area contributed by atoms with Crippen LogP contribution in [0.15, 0.2) is 60.7 Å². The second kappa shape index (κ2) is 11.1. The second-order valence-corrected chi connectivity index (χ2v) is 14.2. The van der Waals surface area contributed by atoms with Gasteiger partial charge in [0.15, 0.2) is 0 Å². The molecule has 0 unspecified atom stereocenters. The Kier molecular flexibility index (Phi) is 7.72. The smallest absolute Gasteiger partial charge is 0.264 e. The van der Waals surface area contributed by atoms with E-state index in [0.717, 1.165) is 25.5 Å². The lowest BCUT2D eigenvalue weighted by atomic mass is 9.55. The summed E-state index contributed by atoms with van der Waals surface area (Å²) in [6.07, 6.45) is 4.60. The highest BCUT2D eigenvalue weighted by Crippen LogP contribution is 2.62. The van der Waals surface area contributed by atoms with E-state index in [2.05, 4.69) is 16.0 Å². The average Bonchev–Trinajstić information content (AvgIpc) is 3.42. The van der Waals surface area contributed by atoms with E-state index in [1.807, 2.05) is 4.72 Å². The Morgan fingerprint density at radius 2 is 1.70 bits per heavy atom. The first kappa shape index (κ1) is 30.5. The van der Waals surface area contributed by atoms with Crippen molar-refractivity contribution in [3.63, 3.8) is 0 Å². The van der Waals surface area contributed by atoms with Gasteiger partial charge in [-0.2, -0.15) is 0 Å². The van der Waals surface area contributed by atoms with E-state index in [1.54, 1.807) is 30.3 Å². The quantitative estimate of drug-likeness (QED) is 0.301. The molecule has 1 saturated heterocycles. The van der Waals surface area contributed by atoms with Crippen LogP contribution in [-0.2, 0) is 25.0 Å². The third-order valence-electron chi connectivity index (χ3n) is 9.00. The number of carbonyl (C=O) groups is 3. The fourth-order valence-corrected chi connectivity index (χ4v) is 8.18. The summed E-state index contributed by atoms with van der Waals surface area (Å²) in [6.45, 7) is 0. The second-order valence-electron chi connectivity index (χ2n) is 11.6. The predicted octanol–water partition coefficient (Wildman–Crippen LogP) is 5.11. The molecule has 1 aliphatic carbocycles. The number of nitrogens with one attached hydrogen (secondary N) is 4. The molecule has 2 aliphatic heterocycles. The van der Waals surface area contributed by atoms with E-state index in [4.69, 9.17) is 23.2 Å². The zero-order chi connectivity index (χ0) is 31.4. The molecule has 0 bridgehead atoms. The van der Waals surface area contributed by atoms with Crippen molar-refractivity contribution >= 4 is 62.3 Å². The fraction of sp³-hybridized carbons (Fsp3) is 0.323. The molecule has 3 atom stereocenters.